The maximum absolute atomic E-state index is 11.7. The molecule has 2 N–H and O–H groups in total. The third-order valence-electron chi connectivity index (χ3n) is 6.18. The Labute approximate surface area is 182 Å². The van der Waals surface area contributed by atoms with Crippen molar-refractivity contribution in [1.29, 1.82) is 0 Å². The van der Waals surface area contributed by atoms with Crippen LogP contribution in [0.15, 0.2) is 4.99 Å². The molecule has 0 radical (unpaired) electrons. The number of fused-ring (bicyclic) bond motifs is 2. The van der Waals surface area contributed by atoms with Crippen molar-refractivity contribution >= 4 is 39.8 Å². The first kappa shape index (κ1) is 23.2. The van der Waals surface area contributed by atoms with Gasteiger partial charge in [0.1, 0.15) is 0 Å². The van der Waals surface area contributed by atoms with E-state index >= 15 is 0 Å². The minimum atomic E-state index is -2.82. The van der Waals surface area contributed by atoms with Gasteiger partial charge in [-0.15, -0.1) is 24.0 Å². The van der Waals surface area contributed by atoms with Crippen LogP contribution >= 0.6 is 24.0 Å². The van der Waals surface area contributed by atoms with Crippen LogP contribution in [0.4, 0.5) is 0 Å². The summed E-state index contributed by atoms with van der Waals surface area (Å²) in [5.74, 6) is 2.25. The van der Waals surface area contributed by atoms with E-state index in [-0.39, 0.29) is 29.9 Å². The SMILES string of the molecule is CC(C)CN=C(NCC1CCS(=O)(=O)C1)NC1CC2CCCC(C1)N2C.I. The fourth-order valence-electron chi connectivity index (χ4n) is 4.63. The molecule has 3 heterocycles. The molecular formula is C19H37IN4O2S. The Morgan fingerprint density at radius 1 is 1.19 bits per heavy atom. The molecule has 2 bridgehead atoms. The molecule has 3 rings (SSSR count). The van der Waals surface area contributed by atoms with Gasteiger partial charge >= 0.3 is 0 Å². The third-order valence-corrected chi connectivity index (χ3v) is 8.02. The van der Waals surface area contributed by atoms with Gasteiger partial charge in [0, 0.05) is 31.2 Å². The average Bonchev–Trinajstić information content (AvgIpc) is 2.90. The maximum Gasteiger partial charge on any atom is 0.191 e. The third kappa shape index (κ3) is 6.73. The first-order valence-electron chi connectivity index (χ1n) is 10.3. The summed E-state index contributed by atoms with van der Waals surface area (Å²) in [6.45, 7) is 5.83. The number of aliphatic imine (C=N–C) groups is 1. The molecule has 158 valence electrons. The van der Waals surface area contributed by atoms with Crippen LogP contribution in [0.1, 0.15) is 52.4 Å². The van der Waals surface area contributed by atoms with Gasteiger partial charge in [-0.1, -0.05) is 20.3 Å². The van der Waals surface area contributed by atoms with Crippen molar-refractivity contribution in [3.63, 3.8) is 0 Å². The van der Waals surface area contributed by atoms with E-state index in [9.17, 15) is 8.42 Å². The van der Waals surface area contributed by atoms with Crippen molar-refractivity contribution in [1.82, 2.24) is 15.5 Å². The van der Waals surface area contributed by atoms with Gasteiger partial charge in [0.25, 0.3) is 0 Å². The van der Waals surface area contributed by atoms with E-state index in [4.69, 9.17) is 4.99 Å². The van der Waals surface area contributed by atoms with Crippen molar-refractivity contribution < 1.29 is 8.42 Å². The summed E-state index contributed by atoms with van der Waals surface area (Å²) in [7, 11) is -0.544. The van der Waals surface area contributed by atoms with Gasteiger partial charge in [-0.05, 0) is 51.0 Å². The minimum absolute atomic E-state index is 0. The number of nitrogens with zero attached hydrogens (tertiary/aromatic N) is 2. The first-order valence-corrected chi connectivity index (χ1v) is 12.1. The fraction of sp³-hybridized carbons (Fsp3) is 0.947. The van der Waals surface area contributed by atoms with Gasteiger partial charge in [-0.25, -0.2) is 8.42 Å². The van der Waals surface area contributed by atoms with Gasteiger partial charge in [0.15, 0.2) is 15.8 Å². The van der Waals surface area contributed by atoms with E-state index in [1.54, 1.807) is 0 Å². The van der Waals surface area contributed by atoms with E-state index in [0.717, 1.165) is 18.9 Å². The highest BCUT2D eigenvalue weighted by Crippen LogP contribution is 2.32. The predicted octanol–water partition coefficient (Wildman–Crippen LogP) is 2.25. The number of hydrogen-bond donors (Lipinski definition) is 2. The summed E-state index contributed by atoms with van der Waals surface area (Å²) >= 11 is 0. The lowest BCUT2D eigenvalue weighted by Crippen LogP contribution is -2.57. The van der Waals surface area contributed by atoms with Crippen LogP contribution in [-0.2, 0) is 9.84 Å². The van der Waals surface area contributed by atoms with Gasteiger partial charge in [0.2, 0.25) is 0 Å². The van der Waals surface area contributed by atoms with Crippen LogP contribution in [0, 0.1) is 11.8 Å². The molecule has 0 aromatic carbocycles. The molecule has 3 fully saturated rings. The van der Waals surface area contributed by atoms with E-state index < -0.39 is 9.84 Å². The van der Waals surface area contributed by atoms with Crippen molar-refractivity contribution in [3.05, 3.63) is 0 Å². The normalized spacial score (nSPS) is 33.6. The second kappa shape index (κ2) is 10.1. The predicted molar refractivity (Wildman–Crippen MR) is 123 cm³/mol. The smallest absolute Gasteiger partial charge is 0.191 e. The second-order valence-corrected chi connectivity index (χ2v) is 11.2. The zero-order valence-corrected chi connectivity index (χ0v) is 20.1. The molecule has 0 aliphatic carbocycles. The van der Waals surface area contributed by atoms with E-state index in [2.05, 4.69) is 36.4 Å². The van der Waals surface area contributed by atoms with Crippen LogP contribution < -0.4 is 10.6 Å². The molecule has 0 aromatic heterocycles. The Balaban J connectivity index is 0.00000261. The zero-order chi connectivity index (χ0) is 18.7. The Bertz CT molecular complexity index is 597. The standard InChI is InChI=1S/C19H36N4O2S.HI/c1-14(2)11-20-19(21-12-15-7-8-26(24,25)13-15)22-16-9-17-5-4-6-18(10-16)23(17)3;/h14-18H,4-13H2,1-3H3,(H2,20,21,22);1H. The molecule has 0 aromatic rings. The Morgan fingerprint density at radius 2 is 1.85 bits per heavy atom. The van der Waals surface area contributed by atoms with Crippen LogP contribution in [0.2, 0.25) is 0 Å². The highest BCUT2D eigenvalue weighted by atomic mass is 127. The maximum atomic E-state index is 11.7. The Hall–Kier alpha value is -0.0900. The lowest BCUT2D eigenvalue weighted by Gasteiger charge is -2.47. The molecule has 8 heteroatoms. The molecule has 0 amide bonds. The molecule has 0 spiro atoms. The van der Waals surface area contributed by atoms with E-state index in [1.807, 2.05) is 0 Å². The zero-order valence-electron chi connectivity index (χ0n) is 17.0. The highest BCUT2D eigenvalue weighted by Gasteiger charge is 2.36. The molecule has 27 heavy (non-hydrogen) atoms. The van der Waals surface area contributed by atoms with Crippen molar-refractivity contribution in [3.8, 4) is 0 Å². The van der Waals surface area contributed by atoms with Crippen LogP contribution in [0.25, 0.3) is 0 Å². The van der Waals surface area contributed by atoms with Gasteiger partial charge in [-0.2, -0.15) is 0 Å². The number of rotatable bonds is 5. The van der Waals surface area contributed by atoms with Crippen molar-refractivity contribution in [2.24, 2.45) is 16.8 Å². The molecule has 0 saturated carbocycles. The fourth-order valence-corrected chi connectivity index (χ4v) is 6.49. The van der Waals surface area contributed by atoms with Gasteiger partial charge in [-0.3, -0.25) is 4.99 Å². The first-order chi connectivity index (χ1) is 12.3. The Morgan fingerprint density at radius 3 is 2.41 bits per heavy atom. The Kier molecular flexibility index (Phi) is 8.67. The molecule has 6 nitrogen and oxygen atoms in total. The quantitative estimate of drug-likeness (QED) is 0.336. The topological polar surface area (TPSA) is 73.8 Å². The molecule has 3 atom stereocenters. The summed E-state index contributed by atoms with van der Waals surface area (Å²) in [5, 5.41) is 7.11. The van der Waals surface area contributed by atoms with Crippen LogP contribution in [0.3, 0.4) is 0 Å². The summed E-state index contributed by atoms with van der Waals surface area (Å²) < 4.78 is 23.4. The summed E-state index contributed by atoms with van der Waals surface area (Å²) in [6, 6.07) is 1.84. The molecule has 3 aliphatic rings. The van der Waals surface area contributed by atoms with Gasteiger partial charge in [0.05, 0.1) is 11.5 Å². The summed E-state index contributed by atoms with van der Waals surface area (Å²) in [4.78, 5) is 7.33. The number of hydrogen-bond acceptors (Lipinski definition) is 4. The number of piperidine rings is 2. The molecule has 3 unspecified atom stereocenters. The van der Waals surface area contributed by atoms with Crippen LogP contribution in [0.5, 0.6) is 0 Å². The van der Waals surface area contributed by atoms with Crippen molar-refractivity contribution in [2.75, 3.05) is 31.6 Å². The number of halogens is 1. The van der Waals surface area contributed by atoms with E-state index in [1.165, 1.54) is 32.1 Å². The average molecular weight is 513 g/mol. The second-order valence-electron chi connectivity index (χ2n) is 8.95. The summed E-state index contributed by atoms with van der Waals surface area (Å²) in [6.07, 6.45) is 7.08. The lowest BCUT2D eigenvalue weighted by atomic mass is 9.82. The minimum Gasteiger partial charge on any atom is -0.356 e. The highest BCUT2D eigenvalue weighted by molar-refractivity contribution is 14.0. The monoisotopic (exact) mass is 512 g/mol. The largest absolute Gasteiger partial charge is 0.356 e. The molecule has 3 saturated heterocycles. The number of sulfone groups is 1. The van der Waals surface area contributed by atoms with E-state index in [0.29, 0.717) is 42.1 Å². The lowest BCUT2D eigenvalue weighted by molar-refractivity contribution is 0.0526. The number of guanidine groups is 1. The van der Waals surface area contributed by atoms with Crippen molar-refractivity contribution in [2.45, 2.75) is 70.5 Å². The molecule has 3 aliphatic heterocycles. The molecular weight excluding hydrogens is 475 g/mol. The number of nitrogens with one attached hydrogen (secondary N) is 2. The van der Waals surface area contributed by atoms with Gasteiger partial charge < -0.3 is 15.5 Å². The van der Waals surface area contributed by atoms with Crippen LogP contribution in [-0.4, -0.2) is 69.0 Å². The summed E-state index contributed by atoms with van der Waals surface area (Å²) in [5.41, 5.74) is 0.